The van der Waals surface area contributed by atoms with E-state index in [-0.39, 0.29) is 6.10 Å². The van der Waals surface area contributed by atoms with Gasteiger partial charge in [-0.2, -0.15) is 10.4 Å². The Balaban J connectivity index is 2.11. The van der Waals surface area contributed by atoms with Gasteiger partial charge in [0.05, 0.1) is 19.4 Å². The second-order valence-corrected chi connectivity index (χ2v) is 2.97. The van der Waals surface area contributed by atoms with Crippen LogP contribution in [-0.2, 0) is 4.74 Å². The van der Waals surface area contributed by atoms with E-state index in [1.165, 1.54) is 6.20 Å². The van der Waals surface area contributed by atoms with E-state index in [9.17, 15) is 0 Å². The van der Waals surface area contributed by atoms with Crippen LogP contribution in [0, 0.1) is 11.3 Å². The van der Waals surface area contributed by atoms with Gasteiger partial charge in [0, 0.05) is 6.42 Å². The molecule has 0 spiro atoms. The number of hydrogen-bond donors (Lipinski definition) is 0. The summed E-state index contributed by atoms with van der Waals surface area (Å²) >= 11 is 0. The normalized spacial score (nSPS) is 20.4. The van der Waals surface area contributed by atoms with E-state index in [0.29, 0.717) is 24.7 Å². The first-order valence-corrected chi connectivity index (χ1v) is 4.36. The molecule has 72 valence electrons. The molecule has 5 heteroatoms. The zero-order valence-electron chi connectivity index (χ0n) is 7.51. The van der Waals surface area contributed by atoms with Crippen molar-refractivity contribution in [3.8, 4) is 11.9 Å². The quantitative estimate of drug-likeness (QED) is 0.681. The molecular weight excluding hydrogens is 182 g/mol. The van der Waals surface area contributed by atoms with Gasteiger partial charge in [-0.15, -0.1) is 5.10 Å². The van der Waals surface area contributed by atoms with E-state index in [0.717, 1.165) is 6.42 Å². The molecular formula is C9H9N3O2. The van der Waals surface area contributed by atoms with Gasteiger partial charge in [-0.05, 0) is 6.07 Å². The van der Waals surface area contributed by atoms with Crippen molar-refractivity contribution < 1.29 is 9.47 Å². The Kier molecular flexibility index (Phi) is 2.56. The molecule has 1 fully saturated rings. The summed E-state index contributed by atoms with van der Waals surface area (Å²) in [6.07, 6.45) is 2.30. The van der Waals surface area contributed by atoms with E-state index in [1.807, 2.05) is 6.07 Å². The molecule has 0 bridgehead atoms. The molecule has 2 heterocycles. The molecule has 0 saturated carbocycles. The van der Waals surface area contributed by atoms with Gasteiger partial charge in [0.2, 0.25) is 0 Å². The Bertz CT molecular complexity index is 355. The predicted octanol–water partition coefficient (Wildman–Crippen LogP) is 0.516. The first-order chi connectivity index (χ1) is 6.90. The van der Waals surface area contributed by atoms with Gasteiger partial charge < -0.3 is 9.47 Å². The molecule has 1 aliphatic heterocycles. The van der Waals surface area contributed by atoms with E-state index in [2.05, 4.69) is 10.2 Å². The number of rotatable bonds is 2. The summed E-state index contributed by atoms with van der Waals surface area (Å²) in [4.78, 5) is 0. The van der Waals surface area contributed by atoms with Crippen molar-refractivity contribution in [2.45, 2.75) is 12.5 Å². The fourth-order valence-electron chi connectivity index (χ4n) is 1.25. The summed E-state index contributed by atoms with van der Waals surface area (Å²) in [5.41, 5.74) is 0.409. The standard InChI is InChI=1S/C9H9N3O2/c10-5-7-1-3-11-12-9(7)14-8-2-4-13-6-8/h1,3,8H,2,4,6H2. The average Bonchev–Trinajstić information content (AvgIpc) is 2.71. The fraction of sp³-hybridized carbons (Fsp3) is 0.444. The molecule has 0 N–H and O–H groups in total. The maximum Gasteiger partial charge on any atom is 0.251 e. The van der Waals surface area contributed by atoms with Crippen LogP contribution in [0.1, 0.15) is 12.0 Å². The zero-order valence-corrected chi connectivity index (χ0v) is 7.51. The number of hydrogen-bond acceptors (Lipinski definition) is 5. The second kappa shape index (κ2) is 4.03. The summed E-state index contributed by atoms with van der Waals surface area (Å²) in [6, 6.07) is 3.58. The lowest BCUT2D eigenvalue weighted by Gasteiger charge is -2.10. The Morgan fingerprint density at radius 1 is 1.64 bits per heavy atom. The molecule has 1 unspecified atom stereocenters. The highest BCUT2D eigenvalue weighted by Gasteiger charge is 2.19. The molecule has 1 aromatic rings. The molecule has 1 saturated heterocycles. The minimum Gasteiger partial charge on any atom is -0.470 e. The van der Waals surface area contributed by atoms with E-state index < -0.39 is 0 Å². The maximum atomic E-state index is 8.76. The highest BCUT2D eigenvalue weighted by Crippen LogP contribution is 2.16. The lowest BCUT2D eigenvalue weighted by atomic mass is 10.3. The molecule has 14 heavy (non-hydrogen) atoms. The van der Waals surface area contributed by atoms with Gasteiger partial charge in [-0.3, -0.25) is 0 Å². The van der Waals surface area contributed by atoms with Gasteiger partial charge in [0.1, 0.15) is 17.7 Å². The minimum absolute atomic E-state index is 0.00111. The van der Waals surface area contributed by atoms with Crippen LogP contribution in [0.5, 0.6) is 5.88 Å². The molecule has 2 rings (SSSR count). The number of nitrogens with zero attached hydrogens (tertiary/aromatic N) is 3. The second-order valence-electron chi connectivity index (χ2n) is 2.97. The van der Waals surface area contributed by atoms with Crippen LogP contribution in [0.2, 0.25) is 0 Å². The molecule has 0 aliphatic carbocycles. The van der Waals surface area contributed by atoms with Crippen molar-refractivity contribution in [3.05, 3.63) is 17.8 Å². The Hall–Kier alpha value is -1.67. The van der Waals surface area contributed by atoms with Crippen molar-refractivity contribution >= 4 is 0 Å². The first-order valence-electron chi connectivity index (χ1n) is 4.36. The van der Waals surface area contributed by atoms with Crippen molar-refractivity contribution in [2.75, 3.05) is 13.2 Å². The molecule has 5 nitrogen and oxygen atoms in total. The van der Waals surface area contributed by atoms with Crippen molar-refractivity contribution in [1.29, 1.82) is 5.26 Å². The molecule has 1 aliphatic rings. The molecule has 1 aromatic heterocycles. The van der Waals surface area contributed by atoms with Gasteiger partial charge in [-0.25, -0.2) is 0 Å². The van der Waals surface area contributed by atoms with Crippen LogP contribution >= 0.6 is 0 Å². The molecule has 0 aromatic carbocycles. The highest BCUT2D eigenvalue weighted by atomic mass is 16.5. The van der Waals surface area contributed by atoms with Crippen molar-refractivity contribution in [2.24, 2.45) is 0 Å². The van der Waals surface area contributed by atoms with Crippen LogP contribution in [0.25, 0.3) is 0 Å². The molecule has 0 radical (unpaired) electrons. The third-order valence-electron chi connectivity index (χ3n) is 1.97. The SMILES string of the molecule is N#Cc1ccnnc1OC1CCOC1. The summed E-state index contributed by atoms with van der Waals surface area (Å²) in [6.45, 7) is 1.26. The smallest absolute Gasteiger partial charge is 0.251 e. The van der Waals surface area contributed by atoms with Crippen LogP contribution in [0.3, 0.4) is 0 Å². The van der Waals surface area contributed by atoms with Crippen LogP contribution in [-0.4, -0.2) is 29.5 Å². The van der Waals surface area contributed by atoms with Crippen molar-refractivity contribution in [3.63, 3.8) is 0 Å². The number of aromatic nitrogens is 2. The fourth-order valence-corrected chi connectivity index (χ4v) is 1.25. The summed E-state index contributed by atoms with van der Waals surface area (Å²) in [5, 5.41) is 16.2. The summed E-state index contributed by atoms with van der Waals surface area (Å²) < 4.78 is 10.6. The maximum absolute atomic E-state index is 8.76. The van der Waals surface area contributed by atoms with E-state index in [1.54, 1.807) is 6.07 Å². The van der Waals surface area contributed by atoms with Gasteiger partial charge in [0.25, 0.3) is 5.88 Å². The average molecular weight is 191 g/mol. The van der Waals surface area contributed by atoms with Gasteiger partial charge >= 0.3 is 0 Å². The number of nitriles is 1. The summed E-state index contributed by atoms with van der Waals surface area (Å²) in [5.74, 6) is 0.297. The lowest BCUT2D eigenvalue weighted by Crippen LogP contribution is -2.17. The lowest BCUT2D eigenvalue weighted by molar-refractivity contribution is 0.137. The van der Waals surface area contributed by atoms with Crippen molar-refractivity contribution in [1.82, 2.24) is 10.2 Å². The minimum atomic E-state index is -0.00111. The number of ether oxygens (including phenoxy) is 2. The zero-order chi connectivity index (χ0) is 9.80. The Labute approximate surface area is 81.3 Å². The third kappa shape index (κ3) is 1.80. The topological polar surface area (TPSA) is 68.0 Å². The van der Waals surface area contributed by atoms with Gasteiger partial charge in [-0.1, -0.05) is 0 Å². The highest BCUT2D eigenvalue weighted by molar-refractivity contribution is 5.35. The van der Waals surface area contributed by atoms with Crippen LogP contribution in [0.4, 0.5) is 0 Å². The van der Waals surface area contributed by atoms with Gasteiger partial charge in [0.15, 0.2) is 0 Å². The first kappa shape index (κ1) is 8.91. The summed E-state index contributed by atoms with van der Waals surface area (Å²) in [7, 11) is 0. The molecule has 0 amide bonds. The van der Waals surface area contributed by atoms with Crippen LogP contribution in [0.15, 0.2) is 12.3 Å². The monoisotopic (exact) mass is 191 g/mol. The largest absolute Gasteiger partial charge is 0.470 e. The van der Waals surface area contributed by atoms with Crippen LogP contribution < -0.4 is 4.74 Å². The van der Waals surface area contributed by atoms with E-state index >= 15 is 0 Å². The predicted molar refractivity (Wildman–Crippen MR) is 46.6 cm³/mol. The third-order valence-corrected chi connectivity index (χ3v) is 1.97. The Morgan fingerprint density at radius 3 is 3.29 bits per heavy atom. The molecule has 1 atom stereocenters. The Morgan fingerprint density at radius 2 is 2.57 bits per heavy atom. The van der Waals surface area contributed by atoms with E-state index in [4.69, 9.17) is 14.7 Å².